The highest BCUT2D eigenvalue weighted by Crippen LogP contribution is 2.39. The molecule has 104 valence electrons. The molecule has 4 nitrogen and oxygen atoms in total. The zero-order valence-corrected chi connectivity index (χ0v) is 12.2. The van der Waals surface area contributed by atoms with Crippen LogP contribution in [-0.4, -0.2) is 33.5 Å². The number of piperidine rings is 1. The Kier molecular flexibility index (Phi) is 3.52. The molecule has 0 aliphatic carbocycles. The van der Waals surface area contributed by atoms with Crippen molar-refractivity contribution in [2.24, 2.45) is 0 Å². The second-order valence-electron chi connectivity index (χ2n) is 5.72. The molecule has 2 bridgehead atoms. The van der Waals surface area contributed by atoms with Gasteiger partial charge in [0.25, 0.3) is 0 Å². The van der Waals surface area contributed by atoms with Crippen molar-refractivity contribution in [2.45, 2.75) is 63.1 Å². The van der Waals surface area contributed by atoms with E-state index in [2.05, 4.69) is 14.9 Å². The molecule has 0 amide bonds. The van der Waals surface area contributed by atoms with Crippen molar-refractivity contribution >= 4 is 17.5 Å². The molecule has 1 aromatic rings. The lowest BCUT2D eigenvalue weighted by Crippen LogP contribution is -2.44. The van der Waals surface area contributed by atoms with E-state index < -0.39 is 0 Å². The Labute approximate surface area is 119 Å². The number of aromatic nitrogens is 2. The summed E-state index contributed by atoms with van der Waals surface area (Å²) in [6.07, 6.45) is 6.40. The molecule has 19 heavy (non-hydrogen) atoms. The van der Waals surface area contributed by atoms with Gasteiger partial charge < -0.3 is 9.64 Å². The van der Waals surface area contributed by atoms with Crippen LogP contribution in [0.2, 0.25) is 0 Å². The molecular weight excluding hydrogens is 262 g/mol. The van der Waals surface area contributed by atoms with E-state index >= 15 is 0 Å². The molecule has 0 spiro atoms. The Morgan fingerprint density at radius 1 is 1.32 bits per heavy atom. The van der Waals surface area contributed by atoms with Crippen molar-refractivity contribution in [1.82, 2.24) is 9.97 Å². The Morgan fingerprint density at radius 3 is 2.63 bits per heavy atom. The maximum absolute atomic E-state index is 6.31. The second-order valence-corrected chi connectivity index (χ2v) is 6.34. The number of alkyl halides is 1. The van der Waals surface area contributed by atoms with Gasteiger partial charge in [-0.05, 0) is 39.5 Å². The standard InChI is InChI=1S/C14H20ClN3O/c1-9(2)19-13-5-6-16-14(17-13)18-11-3-4-12(18)8-10(15)7-11/h5-6,9-12H,3-4,7-8H2,1-2H3. The first kappa shape index (κ1) is 13.0. The normalized spacial score (nSPS) is 29.9. The molecule has 2 atom stereocenters. The average molecular weight is 282 g/mol. The van der Waals surface area contributed by atoms with Gasteiger partial charge in [0.05, 0.1) is 6.10 Å². The summed E-state index contributed by atoms with van der Waals surface area (Å²) in [5.41, 5.74) is 0. The van der Waals surface area contributed by atoms with E-state index in [1.165, 1.54) is 12.8 Å². The summed E-state index contributed by atoms with van der Waals surface area (Å²) in [6.45, 7) is 4.01. The largest absolute Gasteiger partial charge is 0.475 e. The number of rotatable bonds is 3. The summed E-state index contributed by atoms with van der Waals surface area (Å²) < 4.78 is 5.65. The average Bonchev–Trinajstić information content (AvgIpc) is 2.61. The maximum atomic E-state index is 6.31. The van der Waals surface area contributed by atoms with Crippen molar-refractivity contribution in [2.75, 3.05) is 4.90 Å². The van der Waals surface area contributed by atoms with Crippen LogP contribution >= 0.6 is 11.6 Å². The molecule has 0 aromatic carbocycles. The quantitative estimate of drug-likeness (QED) is 0.799. The molecule has 1 aromatic heterocycles. The summed E-state index contributed by atoms with van der Waals surface area (Å²) >= 11 is 6.31. The highest BCUT2D eigenvalue weighted by Gasteiger charge is 2.41. The Hall–Kier alpha value is -1.03. The highest BCUT2D eigenvalue weighted by atomic mass is 35.5. The summed E-state index contributed by atoms with van der Waals surface area (Å²) in [5, 5.41) is 0.309. The predicted octanol–water partition coefficient (Wildman–Crippen LogP) is 3.00. The van der Waals surface area contributed by atoms with E-state index in [1.807, 2.05) is 19.9 Å². The van der Waals surface area contributed by atoms with Crippen molar-refractivity contribution in [3.05, 3.63) is 12.3 Å². The number of hydrogen-bond donors (Lipinski definition) is 0. The first-order chi connectivity index (χ1) is 9.13. The van der Waals surface area contributed by atoms with E-state index in [9.17, 15) is 0 Å². The minimum atomic E-state index is 0.132. The van der Waals surface area contributed by atoms with Crippen LogP contribution in [0.5, 0.6) is 5.88 Å². The number of hydrogen-bond acceptors (Lipinski definition) is 4. The third-order valence-corrected chi connectivity index (χ3v) is 4.24. The van der Waals surface area contributed by atoms with Crippen LogP contribution < -0.4 is 9.64 Å². The molecule has 0 radical (unpaired) electrons. The Balaban J connectivity index is 1.82. The number of halogens is 1. The molecule has 2 aliphatic heterocycles. The molecule has 2 unspecified atom stereocenters. The molecular formula is C14H20ClN3O. The predicted molar refractivity (Wildman–Crippen MR) is 76.0 cm³/mol. The van der Waals surface area contributed by atoms with Crippen molar-refractivity contribution in [3.63, 3.8) is 0 Å². The lowest BCUT2D eigenvalue weighted by atomic mass is 10.0. The molecule has 0 N–H and O–H groups in total. The fourth-order valence-corrected chi connectivity index (χ4v) is 3.61. The van der Waals surface area contributed by atoms with E-state index in [0.717, 1.165) is 18.8 Å². The van der Waals surface area contributed by atoms with Gasteiger partial charge in [0.2, 0.25) is 11.8 Å². The SMILES string of the molecule is CC(C)Oc1ccnc(N2C3CCC2CC(Cl)C3)n1. The van der Waals surface area contributed by atoms with Gasteiger partial charge in [-0.3, -0.25) is 0 Å². The molecule has 3 rings (SSSR count). The minimum absolute atomic E-state index is 0.132. The van der Waals surface area contributed by atoms with Gasteiger partial charge in [0.1, 0.15) is 0 Å². The van der Waals surface area contributed by atoms with E-state index in [-0.39, 0.29) is 6.10 Å². The van der Waals surface area contributed by atoms with Crippen LogP contribution in [-0.2, 0) is 0 Å². The van der Waals surface area contributed by atoms with Crippen LogP contribution in [0.25, 0.3) is 0 Å². The smallest absolute Gasteiger partial charge is 0.229 e. The van der Waals surface area contributed by atoms with E-state index in [1.54, 1.807) is 6.20 Å². The van der Waals surface area contributed by atoms with Crippen LogP contribution in [0.4, 0.5) is 5.95 Å². The fraction of sp³-hybridized carbons (Fsp3) is 0.714. The van der Waals surface area contributed by atoms with Gasteiger partial charge in [-0.25, -0.2) is 4.98 Å². The second kappa shape index (κ2) is 5.16. The minimum Gasteiger partial charge on any atom is -0.475 e. The number of nitrogens with zero attached hydrogens (tertiary/aromatic N) is 3. The van der Waals surface area contributed by atoms with Gasteiger partial charge in [0.15, 0.2) is 0 Å². The lowest BCUT2D eigenvalue weighted by molar-refractivity contribution is 0.232. The summed E-state index contributed by atoms with van der Waals surface area (Å²) in [6, 6.07) is 2.81. The Morgan fingerprint density at radius 2 is 2.00 bits per heavy atom. The number of ether oxygens (including phenoxy) is 1. The Bertz CT molecular complexity index is 440. The monoisotopic (exact) mass is 281 g/mol. The first-order valence-corrected chi connectivity index (χ1v) is 7.49. The van der Waals surface area contributed by atoms with Crippen molar-refractivity contribution in [3.8, 4) is 5.88 Å². The summed E-state index contributed by atoms with van der Waals surface area (Å²) in [5.74, 6) is 1.46. The third kappa shape index (κ3) is 2.64. The molecule has 2 aliphatic rings. The lowest BCUT2D eigenvalue weighted by Gasteiger charge is -2.37. The van der Waals surface area contributed by atoms with Gasteiger partial charge in [-0.2, -0.15) is 4.98 Å². The van der Waals surface area contributed by atoms with Gasteiger partial charge in [0, 0.05) is 29.7 Å². The molecule has 0 saturated carbocycles. The van der Waals surface area contributed by atoms with Gasteiger partial charge in [-0.1, -0.05) is 0 Å². The molecule has 3 heterocycles. The van der Waals surface area contributed by atoms with E-state index in [4.69, 9.17) is 16.3 Å². The number of fused-ring (bicyclic) bond motifs is 2. The van der Waals surface area contributed by atoms with E-state index in [0.29, 0.717) is 23.3 Å². The van der Waals surface area contributed by atoms with Crippen LogP contribution in [0, 0.1) is 0 Å². The number of anilines is 1. The molecule has 2 saturated heterocycles. The highest BCUT2D eigenvalue weighted by molar-refractivity contribution is 6.20. The van der Waals surface area contributed by atoms with Crippen LogP contribution in [0.1, 0.15) is 39.5 Å². The molecule has 2 fully saturated rings. The fourth-order valence-electron chi connectivity index (χ4n) is 3.20. The topological polar surface area (TPSA) is 38.2 Å². The van der Waals surface area contributed by atoms with Crippen LogP contribution in [0.15, 0.2) is 12.3 Å². The zero-order chi connectivity index (χ0) is 13.4. The van der Waals surface area contributed by atoms with Gasteiger partial charge in [-0.15, -0.1) is 11.6 Å². The zero-order valence-electron chi connectivity index (χ0n) is 11.4. The molecule has 5 heteroatoms. The van der Waals surface area contributed by atoms with Gasteiger partial charge >= 0.3 is 0 Å². The summed E-state index contributed by atoms with van der Waals surface area (Å²) in [4.78, 5) is 11.3. The third-order valence-electron chi connectivity index (χ3n) is 3.88. The first-order valence-electron chi connectivity index (χ1n) is 7.05. The summed E-state index contributed by atoms with van der Waals surface area (Å²) in [7, 11) is 0. The van der Waals surface area contributed by atoms with Crippen molar-refractivity contribution < 1.29 is 4.74 Å². The van der Waals surface area contributed by atoms with Crippen LogP contribution in [0.3, 0.4) is 0 Å². The maximum Gasteiger partial charge on any atom is 0.229 e. The van der Waals surface area contributed by atoms with Crippen molar-refractivity contribution in [1.29, 1.82) is 0 Å².